The topological polar surface area (TPSA) is 153 Å². The van der Waals surface area contributed by atoms with E-state index in [0.717, 1.165) is 0 Å². The van der Waals surface area contributed by atoms with Crippen LogP contribution in [0.15, 0.2) is 0 Å². The van der Waals surface area contributed by atoms with Crippen molar-refractivity contribution < 1.29 is 27.4 Å². The minimum atomic E-state index is 0. The first-order valence-electron chi connectivity index (χ1n) is 0. The van der Waals surface area contributed by atoms with E-state index in [1.54, 1.807) is 0 Å². The summed E-state index contributed by atoms with van der Waals surface area (Å²) in [4.78, 5) is 0. The molecule has 0 aliphatic carbocycles. The van der Waals surface area contributed by atoms with Crippen LogP contribution in [0.5, 0.6) is 0 Å². The fourth-order valence-corrected chi connectivity index (χ4v) is 0. The maximum Gasteiger partial charge on any atom is 3.00 e. The van der Waals surface area contributed by atoms with Crippen LogP contribution < -0.4 is 0 Å². The molecule has 5 nitrogen and oxygen atoms in total. The number of hydrogen-bond donors (Lipinski definition) is 0. The Labute approximate surface area is 45.6 Å². The van der Waals surface area contributed by atoms with Gasteiger partial charge in [0.15, 0.2) is 0 Å². The summed E-state index contributed by atoms with van der Waals surface area (Å²) in [5, 5.41) is 0. The van der Waals surface area contributed by atoms with Gasteiger partial charge in [0, 0.05) is 0 Å². The molecule has 0 bridgehead atoms. The third kappa shape index (κ3) is 435. The van der Waals surface area contributed by atoms with Gasteiger partial charge in [-0.05, 0) is 0 Å². The van der Waals surface area contributed by atoms with Crippen molar-refractivity contribution in [2.75, 3.05) is 0 Å². The maximum atomic E-state index is 0. The molecule has 0 radical (unpaired) electrons. The first-order valence-corrected chi connectivity index (χ1v) is 0. The van der Waals surface area contributed by atoms with Gasteiger partial charge in [-0.3, -0.25) is 0 Å². The zero-order valence-corrected chi connectivity index (χ0v) is 4.07. The first kappa shape index (κ1) is 1630. The van der Waals surface area contributed by atoms with Gasteiger partial charge in [0.2, 0.25) is 0 Å². The van der Waals surface area contributed by atoms with Crippen molar-refractivity contribution in [2.45, 2.75) is 0 Å². The smallest absolute Gasteiger partial charge is 0.870 e. The molecule has 40 valence electrons. The van der Waals surface area contributed by atoms with E-state index in [-0.39, 0.29) is 44.7 Å². The van der Waals surface area contributed by atoms with Crippen LogP contribution in [0, 0.1) is 0 Å². The van der Waals surface area contributed by atoms with Gasteiger partial charge in [-0.25, -0.2) is 0 Å². The Morgan fingerprint density at radius 2 is 0.500 bits per heavy atom. The zero-order chi connectivity index (χ0) is 0. The van der Waals surface area contributed by atoms with Crippen LogP contribution >= 0.6 is 0 Å². The standard InChI is InChI=1S/Al.5H2O/h;5*1H2/q+3;;;;;/p-3. The van der Waals surface area contributed by atoms with Crippen molar-refractivity contribution in [3.63, 3.8) is 0 Å². The molecule has 0 saturated heterocycles. The molecular formula is H7AlO5. The van der Waals surface area contributed by atoms with Crippen LogP contribution in [-0.2, 0) is 0 Å². The Bertz CT molecular complexity index is 3.90. The summed E-state index contributed by atoms with van der Waals surface area (Å²) in [5.74, 6) is 0. The Morgan fingerprint density at radius 1 is 0.500 bits per heavy atom. The monoisotopic (exact) mass is 114 g/mol. The van der Waals surface area contributed by atoms with Crippen LogP contribution in [0.1, 0.15) is 0 Å². The molecule has 0 fully saturated rings. The molecule has 0 heterocycles. The van der Waals surface area contributed by atoms with Gasteiger partial charge in [0.05, 0.1) is 0 Å². The second-order valence-electron chi connectivity index (χ2n) is 0. The summed E-state index contributed by atoms with van der Waals surface area (Å²) >= 11 is 0. The molecule has 7 N–H and O–H groups in total. The number of hydrogen-bond acceptors (Lipinski definition) is 3. The second-order valence-corrected chi connectivity index (χ2v) is 0. The van der Waals surface area contributed by atoms with E-state index in [1.807, 2.05) is 0 Å². The molecule has 0 amide bonds. The Balaban J connectivity index is 0. The third-order valence-corrected chi connectivity index (χ3v) is 0. The molecule has 0 rings (SSSR count). The summed E-state index contributed by atoms with van der Waals surface area (Å²) in [5.41, 5.74) is 0. The summed E-state index contributed by atoms with van der Waals surface area (Å²) in [6, 6.07) is 0. The number of rotatable bonds is 0. The third-order valence-electron chi connectivity index (χ3n) is 0. The largest absolute Gasteiger partial charge is 3.00 e. The Morgan fingerprint density at radius 3 is 0.500 bits per heavy atom. The van der Waals surface area contributed by atoms with Crippen LogP contribution in [0.3, 0.4) is 0 Å². The fourth-order valence-electron chi connectivity index (χ4n) is 0. The quantitative estimate of drug-likeness (QED) is 0.318. The summed E-state index contributed by atoms with van der Waals surface area (Å²) in [6.07, 6.45) is 0. The van der Waals surface area contributed by atoms with Crippen LogP contribution in [0.25, 0.3) is 0 Å². The van der Waals surface area contributed by atoms with E-state index in [2.05, 4.69) is 0 Å². The van der Waals surface area contributed by atoms with Crippen molar-refractivity contribution in [1.82, 2.24) is 0 Å². The molecule has 0 atom stereocenters. The molecule has 0 aliphatic heterocycles. The summed E-state index contributed by atoms with van der Waals surface area (Å²) in [6.45, 7) is 0. The van der Waals surface area contributed by atoms with Gasteiger partial charge < -0.3 is 27.4 Å². The zero-order valence-electron chi connectivity index (χ0n) is 2.92. The molecule has 6 heteroatoms. The predicted octanol–water partition coefficient (Wildman–Crippen LogP) is -2.56. The molecular weight excluding hydrogens is 107 g/mol. The molecule has 0 aliphatic rings. The summed E-state index contributed by atoms with van der Waals surface area (Å²) in [7, 11) is 0. The predicted molar refractivity (Wildman–Crippen MR) is 18.8 cm³/mol. The maximum absolute atomic E-state index is 0. The minimum Gasteiger partial charge on any atom is -0.870 e. The van der Waals surface area contributed by atoms with E-state index in [4.69, 9.17) is 0 Å². The van der Waals surface area contributed by atoms with Crippen LogP contribution in [-0.4, -0.2) is 44.7 Å². The molecule has 0 aromatic carbocycles. The first-order chi connectivity index (χ1) is 0. The van der Waals surface area contributed by atoms with Gasteiger partial charge in [-0.1, -0.05) is 0 Å². The van der Waals surface area contributed by atoms with E-state index in [9.17, 15) is 0 Å². The Kier molecular flexibility index (Phi) is 246000. The Hall–Kier alpha value is 0.332. The van der Waals surface area contributed by atoms with E-state index >= 15 is 0 Å². The van der Waals surface area contributed by atoms with Crippen molar-refractivity contribution >= 4 is 17.4 Å². The van der Waals surface area contributed by atoms with E-state index in [0.29, 0.717) is 0 Å². The second kappa shape index (κ2) is 906. The van der Waals surface area contributed by atoms with Crippen LogP contribution in [0.4, 0.5) is 0 Å². The molecule has 6 heavy (non-hydrogen) atoms. The van der Waals surface area contributed by atoms with E-state index < -0.39 is 0 Å². The molecule has 0 aromatic heterocycles. The van der Waals surface area contributed by atoms with Crippen LogP contribution in [0.2, 0.25) is 0 Å². The molecule has 0 unspecified atom stereocenters. The molecule has 0 spiro atoms. The SMILES string of the molecule is O.O.[Al+3].[OH-].[OH-].[OH-]. The van der Waals surface area contributed by atoms with Crippen molar-refractivity contribution in [1.29, 1.82) is 0 Å². The van der Waals surface area contributed by atoms with E-state index in [1.165, 1.54) is 0 Å². The normalized spacial score (nSPS) is 0. The van der Waals surface area contributed by atoms with Gasteiger partial charge in [0.1, 0.15) is 0 Å². The fraction of sp³-hybridized carbons (Fsp3) is 0. The van der Waals surface area contributed by atoms with Crippen molar-refractivity contribution in [2.24, 2.45) is 0 Å². The summed E-state index contributed by atoms with van der Waals surface area (Å²) < 4.78 is 0. The van der Waals surface area contributed by atoms with Gasteiger partial charge in [0.25, 0.3) is 0 Å². The molecule has 0 aromatic rings. The van der Waals surface area contributed by atoms with Gasteiger partial charge in [-0.15, -0.1) is 0 Å². The minimum absolute atomic E-state index is 0. The average molecular weight is 114 g/mol. The molecule has 0 saturated carbocycles. The van der Waals surface area contributed by atoms with Crippen molar-refractivity contribution in [3.05, 3.63) is 0 Å². The average Bonchev–Trinajstić information content (AvgIpc) is 0. The van der Waals surface area contributed by atoms with Gasteiger partial charge >= 0.3 is 17.4 Å². The van der Waals surface area contributed by atoms with Crippen molar-refractivity contribution in [3.8, 4) is 0 Å². The van der Waals surface area contributed by atoms with Gasteiger partial charge in [-0.2, -0.15) is 0 Å².